The normalized spacial score (nSPS) is 10.4. The number of rotatable bonds is 7. The Labute approximate surface area is 202 Å². The van der Waals surface area contributed by atoms with E-state index in [0.717, 1.165) is 11.1 Å². The third kappa shape index (κ3) is 5.06. The maximum atomic E-state index is 14.2. The molecule has 35 heavy (non-hydrogen) atoms. The molecule has 0 saturated carbocycles. The fourth-order valence-electron chi connectivity index (χ4n) is 3.80. The number of nitrogens with one attached hydrogen (secondary N) is 1. The smallest absolute Gasteiger partial charge is 0.339 e. The van der Waals surface area contributed by atoms with E-state index >= 15 is 0 Å². The summed E-state index contributed by atoms with van der Waals surface area (Å²) in [6, 6.07) is 13.7. The van der Waals surface area contributed by atoms with Crippen LogP contribution in [0.1, 0.15) is 16.7 Å². The number of nitro groups is 1. The van der Waals surface area contributed by atoms with E-state index in [2.05, 4.69) is 11.9 Å². The molecule has 0 radical (unpaired) electrons. The van der Waals surface area contributed by atoms with Crippen LogP contribution in [0.15, 0.2) is 67.0 Å². The van der Waals surface area contributed by atoms with Gasteiger partial charge in [-0.15, -0.1) is 0 Å². The first-order valence-electron chi connectivity index (χ1n) is 10.6. The zero-order valence-electron chi connectivity index (χ0n) is 19.6. The van der Waals surface area contributed by atoms with Gasteiger partial charge in [-0.25, -0.2) is 9.69 Å². The molecule has 10 heteroatoms. The molecule has 5 N–H and O–H groups in total. The number of benzene rings is 3. The summed E-state index contributed by atoms with van der Waals surface area (Å²) in [6.45, 7) is 9.11. The van der Waals surface area contributed by atoms with Gasteiger partial charge in [0.2, 0.25) is 6.41 Å². The molecule has 0 saturated heterocycles. The lowest BCUT2D eigenvalue weighted by Gasteiger charge is -2.33. The number of urea groups is 1. The Balaban J connectivity index is 2.26. The second-order valence-electron chi connectivity index (χ2n) is 7.98. The third-order valence-electron chi connectivity index (χ3n) is 5.43. The number of anilines is 5. The lowest BCUT2D eigenvalue weighted by Crippen LogP contribution is -2.44. The first-order valence-corrected chi connectivity index (χ1v) is 10.6. The summed E-state index contributed by atoms with van der Waals surface area (Å²) in [4.78, 5) is 38.9. The van der Waals surface area contributed by atoms with Crippen molar-refractivity contribution >= 4 is 46.6 Å². The summed E-state index contributed by atoms with van der Waals surface area (Å²) in [5, 5.41) is 13.7. The Kier molecular flexibility index (Phi) is 7.05. The van der Waals surface area contributed by atoms with Crippen LogP contribution in [-0.2, 0) is 4.79 Å². The number of nitrogens with zero attached hydrogens (tertiary/aromatic N) is 3. The molecule has 0 atom stereocenters. The molecule has 0 unspecified atom stereocenters. The van der Waals surface area contributed by atoms with Crippen molar-refractivity contribution in [1.29, 1.82) is 0 Å². The molecule has 3 aromatic rings. The topological polar surface area (TPSA) is 148 Å². The predicted octanol–water partition coefficient (Wildman–Crippen LogP) is 4.67. The number of non-ortho nitro benzene ring substituents is 1. The van der Waals surface area contributed by atoms with Gasteiger partial charge in [-0.1, -0.05) is 6.58 Å². The van der Waals surface area contributed by atoms with Gasteiger partial charge in [-0.3, -0.25) is 19.8 Å². The lowest BCUT2D eigenvalue weighted by molar-refractivity contribution is -0.384. The molecule has 0 bridgehead atoms. The number of aryl methyl sites for hydroxylation is 3. The van der Waals surface area contributed by atoms with Crippen molar-refractivity contribution in [2.45, 2.75) is 20.8 Å². The molecule has 0 aromatic heterocycles. The van der Waals surface area contributed by atoms with E-state index in [1.165, 1.54) is 28.0 Å². The van der Waals surface area contributed by atoms with Gasteiger partial charge in [0.1, 0.15) is 5.82 Å². The molecule has 3 rings (SSSR count). The number of hydrogen-bond acceptors (Lipinski definition) is 6. The van der Waals surface area contributed by atoms with Crippen LogP contribution < -0.4 is 26.6 Å². The highest BCUT2D eigenvalue weighted by molar-refractivity contribution is 6.11. The fraction of sp³-hybridized carbons (Fsp3) is 0.120. The summed E-state index contributed by atoms with van der Waals surface area (Å²) in [5.41, 5.74) is 16.1. The van der Waals surface area contributed by atoms with Crippen molar-refractivity contribution in [2.75, 3.05) is 21.3 Å². The van der Waals surface area contributed by atoms with E-state index in [1.54, 1.807) is 43.3 Å². The molecule has 0 fully saturated rings. The molecule has 3 aromatic carbocycles. The van der Waals surface area contributed by atoms with E-state index in [-0.39, 0.29) is 11.5 Å². The Bertz CT molecular complexity index is 1290. The summed E-state index contributed by atoms with van der Waals surface area (Å²) >= 11 is 0. The van der Waals surface area contributed by atoms with Gasteiger partial charge in [0.05, 0.1) is 22.0 Å². The van der Waals surface area contributed by atoms with E-state index < -0.39 is 11.0 Å². The van der Waals surface area contributed by atoms with E-state index in [0.29, 0.717) is 40.4 Å². The molecule has 0 spiro atoms. The van der Waals surface area contributed by atoms with Crippen molar-refractivity contribution in [3.05, 3.63) is 93.8 Å². The number of nitrogens with two attached hydrogens (primary N) is 2. The van der Waals surface area contributed by atoms with Gasteiger partial charge in [0.15, 0.2) is 0 Å². The molecule has 180 valence electrons. The Morgan fingerprint density at radius 2 is 1.40 bits per heavy atom. The number of nitrogen functional groups attached to an aromatic ring is 2. The maximum absolute atomic E-state index is 14.2. The molecule has 10 nitrogen and oxygen atoms in total. The van der Waals surface area contributed by atoms with E-state index in [9.17, 15) is 19.7 Å². The van der Waals surface area contributed by atoms with Gasteiger partial charge in [0, 0.05) is 23.5 Å². The van der Waals surface area contributed by atoms with Crippen LogP contribution in [0.25, 0.3) is 0 Å². The van der Waals surface area contributed by atoms with Crippen LogP contribution in [0.3, 0.4) is 0 Å². The van der Waals surface area contributed by atoms with Crippen LogP contribution in [0, 0.1) is 30.9 Å². The highest BCUT2D eigenvalue weighted by Crippen LogP contribution is 2.36. The number of carbonyl (C=O) groups is 2. The largest absolute Gasteiger partial charge is 0.399 e. The molecular formula is C25H26N6O4. The minimum Gasteiger partial charge on any atom is -0.399 e. The lowest BCUT2D eigenvalue weighted by atomic mass is 10.1. The average molecular weight is 475 g/mol. The monoisotopic (exact) mass is 474 g/mol. The zero-order chi connectivity index (χ0) is 25.9. The average Bonchev–Trinajstić information content (AvgIpc) is 2.78. The van der Waals surface area contributed by atoms with Gasteiger partial charge in [-0.05, 0) is 79.9 Å². The van der Waals surface area contributed by atoms with Crippen LogP contribution in [0.5, 0.6) is 0 Å². The van der Waals surface area contributed by atoms with Crippen LogP contribution in [0.2, 0.25) is 0 Å². The second kappa shape index (κ2) is 9.96. The Hall–Kier alpha value is -4.86. The first-order chi connectivity index (χ1) is 16.5. The van der Waals surface area contributed by atoms with Crippen LogP contribution in [-0.4, -0.2) is 17.4 Å². The highest BCUT2D eigenvalue weighted by atomic mass is 16.6. The summed E-state index contributed by atoms with van der Waals surface area (Å²) in [7, 11) is 0. The van der Waals surface area contributed by atoms with Crippen molar-refractivity contribution in [1.82, 2.24) is 5.32 Å². The summed E-state index contributed by atoms with van der Waals surface area (Å²) in [5.74, 6) is -0.0341. The molecule has 0 aliphatic heterocycles. The number of nitro benzene ring substituents is 1. The van der Waals surface area contributed by atoms with Crippen LogP contribution in [0.4, 0.5) is 38.9 Å². The SMILES string of the molecule is C=C(NC=O)N(C(=O)N(c1ccc(N)cc1C)c1ccc(N)cc1C)c1ccc([N+](=O)[O-])cc1C. The van der Waals surface area contributed by atoms with Gasteiger partial charge in [0.25, 0.3) is 5.69 Å². The van der Waals surface area contributed by atoms with Gasteiger partial charge in [-0.2, -0.15) is 0 Å². The quantitative estimate of drug-likeness (QED) is 0.196. The molecule has 3 amide bonds. The molecule has 0 aliphatic carbocycles. The minimum absolute atomic E-state index is 0.0341. The zero-order valence-corrected chi connectivity index (χ0v) is 19.6. The second-order valence-corrected chi connectivity index (χ2v) is 7.98. The predicted molar refractivity (Wildman–Crippen MR) is 137 cm³/mol. The van der Waals surface area contributed by atoms with E-state index in [1.807, 2.05) is 13.8 Å². The maximum Gasteiger partial charge on any atom is 0.339 e. The third-order valence-corrected chi connectivity index (χ3v) is 5.43. The standard InChI is InChI=1S/C25H26N6O4/c1-15-11-19(26)5-8-23(15)30(24-9-6-20(27)12-16(24)2)25(33)29(18(4)28-14-32)22-10-7-21(31(34)35)13-17(22)3/h5-14H,4,26-27H2,1-3H3,(H,28,32). The van der Waals surface area contributed by atoms with Crippen molar-refractivity contribution in [3.63, 3.8) is 0 Å². The Morgan fingerprint density at radius 3 is 1.83 bits per heavy atom. The van der Waals surface area contributed by atoms with Gasteiger partial charge >= 0.3 is 6.03 Å². The minimum atomic E-state index is -0.581. The Morgan fingerprint density at radius 1 is 0.914 bits per heavy atom. The summed E-state index contributed by atoms with van der Waals surface area (Å²) in [6.07, 6.45) is 0.399. The van der Waals surface area contributed by atoms with Crippen molar-refractivity contribution in [2.24, 2.45) is 0 Å². The highest BCUT2D eigenvalue weighted by Gasteiger charge is 2.30. The summed E-state index contributed by atoms with van der Waals surface area (Å²) < 4.78 is 0. The number of carbonyl (C=O) groups excluding carboxylic acids is 2. The number of amides is 3. The molecule has 0 heterocycles. The molecule has 0 aliphatic rings. The van der Waals surface area contributed by atoms with Gasteiger partial charge < -0.3 is 16.8 Å². The first kappa shape index (κ1) is 24.8. The van der Waals surface area contributed by atoms with E-state index in [4.69, 9.17) is 11.5 Å². The molecular weight excluding hydrogens is 448 g/mol. The van der Waals surface area contributed by atoms with Crippen molar-refractivity contribution < 1.29 is 14.5 Å². The van der Waals surface area contributed by atoms with Crippen molar-refractivity contribution in [3.8, 4) is 0 Å². The number of hydrogen-bond donors (Lipinski definition) is 3. The fourth-order valence-corrected chi connectivity index (χ4v) is 3.80. The van der Waals surface area contributed by atoms with Crippen LogP contribution >= 0.6 is 0 Å².